The van der Waals surface area contributed by atoms with Crippen LogP contribution >= 0.6 is 15.9 Å². The minimum absolute atomic E-state index is 0.227. The van der Waals surface area contributed by atoms with Crippen molar-refractivity contribution in [2.45, 2.75) is 17.5 Å². The van der Waals surface area contributed by atoms with Crippen molar-refractivity contribution >= 4 is 26.8 Å². The fraction of sp³-hybridized carbons (Fsp3) is 0.188. The Bertz CT molecular complexity index is 846. The van der Waals surface area contributed by atoms with E-state index < -0.39 is 16.8 Å². The highest BCUT2D eigenvalue weighted by molar-refractivity contribution is 9.10. The Hall–Kier alpha value is -2.09. The van der Waals surface area contributed by atoms with Crippen molar-refractivity contribution in [3.63, 3.8) is 0 Å². The van der Waals surface area contributed by atoms with Crippen molar-refractivity contribution in [1.29, 1.82) is 0 Å². The van der Waals surface area contributed by atoms with Crippen LogP contribution in [0.25, 0.3) is 10.9 Å². The Morgan fingerprint density at radius 1 is 0.958 bits per heavy atom. The first-order valence-electron chi connectivity index (χ1n) is 6.91. The molecule has 0 N–H and O–H groups in total. The Morgan fingerprint density at radius 2 is 1.58 bits per heavy atom. The summed E-state index contributed by atoms with van der Waals surface area (Å²) in [6.07, 6.45) is -4.73. The van der Waals surface area contributed by atoms with Crippen LogP contribution in [0, 0.1) is 0 Å². The van der Waals surface area contributed by atoms with Gasteiger partial charge in [0, 0.05) is 15.9 Å². The van der Waals surface area contributed by atoms with E-state index >= 15 is 0 Å². The normalized spacial score (nSPS) is 12.5. The molecule has 0 saturated heterocycles. The van der Waals surface area contributed by atoms with Crippen molar-refractivity contribution in [2.24, 2.45) is 0 Å². The van der Waals surface area contributed by atoms with Gasteiger partial charge in [-0.15, -0.1) is 5.10 Å². The second kappa shape index (κ2) is 6.08. The first-order chi connectivity index (χ1) is 11.3. The molecule has 3 rings (SSSR count). The van der Waals surface area contributed by atoms with E-state index in [4.69, 9.17) is 0 Å². The van der Waals surface area contributed by atoms with E-state index in [1.807, 2.05) is 30.3 Å². The molecule has 3 nitrogen and oxygen atoms in total. The summed E-state index contributed by atoms with van der Waals surface area (Å²) in [5.41, 5.74) is 1.39. The molecule has 126 valence electrons. The van der Waals surface area contributed by atoms with Crippen molar-refractivity contribution in [3.05, 3.63) is 60.2 Å². The fourth-order valence-electron chi connectivity index (χ4n) is 2.23. The van der Waals surface area contributed by atoms with E-state index in [0.29, 0.717) is 12.1 Å². The molecular weight excluding hydrogens is 392 g/mol. The quantitative estimate of drug-likeness (QED) is 0.441. The van der Waals surface area contributed by atoms with E-state index in [1.54, 1.807) is 34.1 Å². The molecule has 0 amide bonds. The number of para-hydroxylation sites is 1. The SMILES string of the molecule is FC(F)(Br)C(F)(F)Oc1nn(Cc2ccccc2)c2ccccc12. The van der Waals surface area contributed by atoms with Crippen LogP contribution in [0.5, 0.6) is 5.88 Å². The van der Waals surface area contributed by atoms with Gasteiger partial charge < -0.3 is 4.74 Å². The van der Waals surface area contributed by atoms with Crippen LogP contribution in [0.1, 0.15) is 5.56 Å². The van der Waals surface area contributed by atoms with Crippen LogP contribution in [0.15, 0.2) is 54.6 Å². The summed E-state index contributed by atoms with van der Waals surface area (Å²) in [6.45, 7) is 0.293. The first-order valence-corrected chi connectivity index (χ1v) is 7.70. The largest absolute Gasteiger partial charge is 0.476 e. The van der Waals surface area contributed by atoms with Crippen LogP contribution in [0.3, 0.4) is 0 Å². The molecule has 0 fully saturated rings. The Kier molecular flexibility index (Phi) is 4.25. The summed E-state index contributed by atoms with van der Waals surface area (Å²) >= 11 is 1.64. The lowest BCUT2D eigenvalue weighted by Gasteiger charge is -2.20. The second-order valence-electron chi connectivity index (χ2n) is 5.08. The zero-order chi connectivity index (χ0) is 17.4. The van der Waals surface area contributed by atoms with E-state index in [2.05, 4.69) is 9.84 Å². The number of ether oxygens (including phenoxy) is 1. The molecule has 0 aliphatic carbocycles. The molecule has 1 aromatic heterocycles. The van der Waals surface area contributed by atoms with Crippen LogP contribution in [0.2, 0.25) is 0 Å². The number of aromatic nitrogens is 2. The van der Waals surface area contributed by atoms with E-state index in [0.717, 1.165) is 5.56 Å². The number of halogens is 5. The summed E-state index contributed by atoms with van der Waals surface area (Å²) in [4.78, 5) is -4.51. The molecule has 24 heavy (non-hydrogen) atoms. The number of fused-ring (bicyclic) bond motifs is 1. The van der Waals surface area contributed by atoms with Crippen molar-refractivity contribution in [3.8, 4) is 5.88 Å². The molecule has 0 unspecified atom stereocenters. The minimum atomic E-state index is -4.73. The molecule has 0 aliphatic heterocycles. The lowest BCUT2D eigenvalue weighted by molar-refractivity contribution is -0.267. The van der Waals surface area contributed by atoms with Gasteiger partial charge in [0.2, 0.25) is 5.88 Å². The van der Waals surface area contributed by atoms with Gasteiger partial charge in [-0.2, -0.15) is 17.6 Å². The van der Waals surface area contributed by atoms with Crippen molar-refractivity contribution in [2.75, 3.05) is 0 Å². The van der Waals surface area contributed by atoms with Gasteiger partial charge in [-0.25, -0.2) is 0 Å². The number of benzene rings is 2. The molecule has 0 atom stereocenters. The number of hydrogen-bond acceptors (Lipinski definition) is 2. The molecule has 0 aliphatic rings. The molecule has 3 aromatic rings. The Balaban J connectivity index is 2.01. The smallest absolute Gasteiger partial charge is 0.407 e. The van der Waals surface area contributed by atoms with E-state index in [9.17, 15) is 17.6 Å². The highest BCUT2D eigenvalue weighted by Crippen LogP contribution is 2.41. The van der Waals surface area contributed by atoms with Crippen LogP contribution in [-0.2, 0) is 6.54 Å². The number of hydrogen-bond donors (Lipinski definition) is 0. The van der Waals surface area contributed by atoms with Crippen molar-refractivity contribution < 1.29 is 22.3 Å². The average Bonchev–Trinajstić information content (AvgIpc) is 2.85. The van der Waals surface area contributed by atoms with Crippen LogP contribution in [0.4, 0.5) is 17.6 Å². The molecular formula is C16H11BrF4N2O. The minimum Gasteiger partial charge on any atom is -0.407 e. The van der Waals surface area contributed by atoms with Crippen LogP contribution in [-0.4, -0.2) is 20.7 Å². The molecule has 0 radical (unpaired) electrons. The van der Waals surface area contributed by atoms with Gasteiger partial charge in [-0.05, 0) is 17.7 Å². The number of nitrogens with zero attached hydrogens (tertiary/aromatic N) is 2. The standard InChI is InChI=1S/C16H11BrF4N2O/c17-15(18,19)16(20,21)24-14-12-8-4-5-9-13(12)23(22-14)10-11-6-2-1-3-7-11/h1-9H,10H2. The third-order valence-electron chi connectivity index (χ3n) is 3.35. The fourth-order valence-corrected chi connectivity index (χ4v) is 2.31. The lowest BCUT2D eigenvalue weighted by atomic mass is 10.2. The van der Waals surface area contributed by atoms with Gasteiger partial charge in [0.15, 0.2) is 0 Å². The third kappa shape index (κ3) is 3.24. The molecule has 0 saturated carbocycles. The van der Waals surface area contributed by atoms with Crippen LogP contribution < -0.4 is 4.74 Å². The van der Waals surface area contributed by atoms with Gasteiger partial charge in [-0.3, -0.25) is 4.68 Å². The molecule has 8 heteroatoms. The summed E-state index contributed by atoms with van der Waals surface area (Å²) in [5.74, 6) is -0.550. The predicted molar refractivity (Wildman–Crippen MR) is 84.7 cm³/mol. The average molecular weight is 403 g/mol. The lowest BCUT2D eigenvalue weighted by Crippen LogP contribution is -2.40. The molecule has 0 spiro atoms. The van der Waals surface area contributed by atoms with Gasteiger partial charge in [0.25, 0.3) is 0 Å². The number of alkyl halides is 5. The van der Waals surface area contributed by atoms with E-state index in [1.165, 1.54) is 10.7 Å². The topological polar surface area (TPSA) is 27.1 Å². The third-order valence-corrected chi connectivity index (χ3v) is 3.82. The molecule has 1 heterocycles. The summed E-state index contributed by atoms with van der Waals surface area (Å²) in [5, 5.41) is 4.17. The Morgan fingerprint density at radius 3 is 2.25 bits per heavy atom. The highest BCUT2D eigenvalue weighted by Gasteiger charge is 2.58. The van der Waals surface area contributed by atoms with Crippen molar-refractivity contribution in [1.82, 2.24) is 9.78 Å². The second-order valence-corrected chi connectivity index (χ2v) is 6.08. The number of rotatable bonds is 5. The zero-order valence-corrected chi connectivity index (χ0v) is 13.7. The summed E-state index contributed by atoms with van der Waals surface area (Å²) in [7, 11) is 0. The van der Waals surface area contributed by atoms with E-state index in [-0.39, 0.29) is 5.39 Å². The monoisotopic (exact) mass is 402 g/mol. The maximum atomic E-state index is 13.5. The molecule has 2 aromatic carbocycles. The highest BCUT2D eigenvalue weighted by atomic mass is 79.9. The first kappa shape index (κ1) is 16.8. The summed E-state index contributed by atoms with van der Waals surface area (Å²) in [6, 6.07) is 15.6. The summed E-state index contributed by atoms with van der Waals surface area (Å²) < 4.78 is 58.6. The maximum absolute atomic E-state index is 13.5. The van der Waals surface area contributed by atoms with Gasteiger partial charge in [0.1, 0.15) is 0 Å². The molecule has 0 bridgehead atoms. The maximum Gasteiger partial charge on any atom is 0.476 e. The predicted octanol–water partition coefficient (Wildman–Crippen LogP) is 5.04. The zero-order valence-electron chi connectivity index (χ0n) is 12.1. The van der Waals surface area contributed by atoms with Gasteiger partial charge >= 0.3 is 10.9 Å². The van der Waals surface area contributed by atoms with Gasteiger partial charge in [0.05, 0.1) is 17.4 Å². The Labute approximate surface area is 143 Å². The van der Waals surface area contributed by atoms with Gasteiger partial charge in [-0.1, -0.05) is 42.5 Å².